The molecule has 0 aliphatic rings. The third-order valence-electron chi connectivity index (χ3n) is 3.13. The van der Waals surface area contributed by atoms with Gasteiger partial charge in [0.05, 0.1) is 5.57 Å². The molecule has 22 heavy (non-hydrogen) atoms. The summed E-state index contributed by atoms with van der Waals surface area (Å²) in [6.07, 6.45) is 1.77. The minimum absolute atomic E-state index is 0.0930. The fourth-order valence-electron chi connectivity index (χ4n) is 1.99. The van der Waals surface area contributed by atoms with Gasteiger partial charge in [0.25, 0.3) is 0 Å². The van der Waals surface area contributed by atoms with Crippen molar-refractivity contribution in [3.05, 3.63) is 40.7 Å². The molecule has 1 aromatic heterocycles. The lowest BCUT2D eigenvalue weighted by molar-refractivity contribution is 0.952. The number of aromatic nitrogens is 3. The van der Waals surface area contributed by atoms with Gasteiger partial charge in [-0.05, 0) is 31.1 Å². The Morgan fingerprint density at radius 3 is 2.55 bits per heavy atom. The number of rotatable bonds is 3. The maximum atomic E-state index is 9.43. The average Bonchev–Trinajstić information content (AvgIpc) is 2.45. The van der Waals surface area contributed by atoms with Crippen LogP contribution in [0.4, 0.5) is 11.9 Å². The predicted molar refractivity (Wildman–Crippen MR) is 88.0 cm³/mol. The van der Waals surface area contributed by atoms with Crippen LogP contribution in [0.25, 0.3) is 11.6 Å². The minimum Gasteiger partial charge on any atom is -0.368 e. The summed E-state index contributed by atoms with van der Waals surface area (Å²) in [6.45, 7) is 4.03. The van der Waals surface area contributed by atoms with Crippen molar-refractivity contribution in [3.63, 3.8) is 0 Å². The van der Waals surface area contributed by atoms with Gasteiger partial charge in [-0.25, -0.2) is 0 Å². The van der Waals surface area contributed by atoms with Gasteiger partial charge in [0, 0.05) is 14.1 Å². The number of nitriles is 1. The van der Waals surface area contributed by atoms with E-state index in [9.17, 15) is 5.26 Å². The van der Waals surface area contributed by atoms with E-state index in [1.807, 2.05) is 26.0 Å². The number of hydrogen-bond acceptors (Lipinski definition) is 6. The van der Waals surface area contributed by atoms with E-state index in [1.54, 1.807) is 25.1 Å². The summed E-state index contributed by atoms with van der Waals surface area (Å²) in [7, 11) is 3.61. The third kappa shape index (κ3) is 3.38. The van der Waals surface area contributed by atoms with Gasteiger partial charge in [0.2, 0.25) is 11.9 Å². The maximum absolute atomic E-state index is 9.43. The van der Waals surface area contributed by atoms with E-state index in [0.29, 0.717) is 11.5 Å². The molecule has 0 atom stereocenters. The van der Waals surface area contributed by atoms with Crippen LogP contribution in [0.1, 0.15) is 22.5 Å². The van der Waals surface area contributed by atoms with Crippen LogP contribution in [-0.4, -0.2) is 29.0 Å². The molecule has 6 nitrogen and oxygen atoms in total. The Morgan fingerprint density at radius 2 is 1.95 bits per heavy atom. The van der Waals surface area contributed by atoms with Gasteiger partial charge in [-0.15, -0.1) is 0 Å². The Bertz CT molecular complexity index is 771. The summed E-state index contributed by atoms with van der Waals surface area (Å²) in [5.41, 5.74) is 9.27. The van der Waals surface area contributed by atoms with Gasteiger partial charge in [0.1, 0.15) is 6.07 Å². The quantitative estimate of drug-likeness (QED) is 0.872. The van der Waals surface area contributed by atoms with Gasteiger partial charge >= 0.3 is 0 Å². The number of benzene rings is 1. The molecule has 0 amide bonds. The van der Waals surface area contributed by atoms with Crippen LogP contribution in [0.3, 0.4) is 0 Å². The minimum atomic E-state index is 0.0930. The Hall–Kier alpha value is -2.94. The highest BCUT2D eigenvalue weighted by Crippen LogP contribution is 2.19. The molecule has 2 aromatic rings. The van der Waals surface area contributed by atoms with E-state index in [2.05, 4.69) is 27.1 Å². The summed E-state index contributed by atoms with van der Waals surface area (Å²) in [6, 6.07) is 8.17. The van der Waals surface area contributed by atoms with Crippen LogP contribution in [-0.2, 0) is 0 Å². The normalized spacial score (nSPS) is 11.1. The summed E-state index contributed by atoms with van der Waals surface area (Å²) < 4.78 is 0. The van der Waals surface area contributed by atoms with E-state index in [0.717, 1.165) is 11.1 Å². The van der Waals surface area contributed by atoms with Gasteiger partial charge in [-0.2, -0.15) is 20.2 Å². The first kappa shape index (κ1) is 15.4. The SMILES string of the molecule is Cc1ccc(/C=C(\C#N)c2nc(N)nc(N(C)C)n2)c(C)c1. The summed E-state index contributed by atoms with van der Waals surface area (Å²) >= 11 is 0. The first-order valence-corrected chi connectivity index (χ1v) is 6.79. The number of nitrogen functional groups attached to an aromatic ring is 1. The van der Waals surface area contributed by atoms with Crippen molar-refractivity contribution in [2.75, 3.05) is 24.7 Å². The van der Waals surface area contributed by atoms with Crippen molar-refractivity contribution in [2.24, 2.45) is 0 Å². The average molecular weight is 294 g/mol. The molecule has 0 saturated heterocycles. The van der Waals surface area contributed by atoms with Gasteiger partial charge in [0.15, 0.2) is 5.82 Å². The lowest BCUT2D eigenvalue weighted by Gasteiger charge is -2.11. The van der Waals surface area contributed by atoms with Crippen LogP contribution < -0.4 is 10.6 Å². The van der Waals surface area contributed by atoms with E-state index >= 15 is 0 Å². The molecule has 0 spiro atoms. The Morgan fingerprint density at radius 1 is 1.23 bits per heavy atom. The van der Waals surface area contributed by atoms with Gasteiger partial charge in [-0.1, -0.05) is 23.8 Å². The number of nitrogens with two attached hydrogens (primary N) is 1. The van der Waals surface area contributed by atoms with Crippen LogP contribution in [0, 0.1) is 25.2 Å². The molecule has 0 aliphatic heterocycles. The highest BCUT2D eigenvalue weighted by Gasteiger charge is 2.11. The van der Waals surface area contributed by atoms with Crippen LogP contribution >= 0.6 is 0 Å². The molecule has 0 unspecified atom stereocenters. The van der Waals surface area contributed by atoms with Crippen molar-refractivity contribution in [3.8, 4) is 6.07 Å². The standard InChI is InChI=1S/C16H18N6/c1-10-5-6-12(11(2)7-10)8-13(9-17)14-19-15(18)21-16(20-14)22(3)4/h5-8H,1-4H3,(H2,18,19,20,21)/b13-8+. The third-order valence-corrected chi connectivity index (χ3v) is 3.13. The lowest BCUT2D eigenvalue weighted by Crippen LogP contribution is -2.15. The molecule has 0 saturated carbocycles. The van der Waals surface area contributed by atoms with Crippen LogP contribution in [0.5, 0.6) is 0 Å². The molecular formula is C16H18N6. The topological polar surface area (TPSA) is 91.7 Å². The number of hydrogen-bond donors (Lipinski definition) is 1. The van der Waals surface area contributed by atoms with Gasteiger partial charge < -0.3 is 10.6 Å². The van der Waals surface area contributed by atoms with Crippen molar-refractivity contribution in [1.29, 1.82) is 5.26 Å². The Kier molecular flexibility index (Phi) is 4.37. The highest BCUT2D eigenvalue weighted by molar-refractivity contribution is 5.88. The number of nitrogens with zero attached hydrogens (tertiary/aromatic N) is 5. The van der Waals surface area contributed by atoms with E-state index < -0.39 is 0 Å². The van der Waals surface area contributed by atoms with Crippen molar-refractivity contribution in [2.45, 2.75) is 13.8 Å². The Balaban J connectivity index is 2.53. The summed E-state index contributed by atoms with van der Waals surface area (Å²) in [5, 5.41) is 9.43. The van der Waals surface area contributed by atoms with E-state index in [1.165, 1.54) is 5.56 Å². The molecule has 1 heterocycles. The second kappa shape index (κ2) is 6.22. The lowest BCUT2D eigenvalue weighted by atomic mass is 10.0. The van der Waals surface area contributed by atoms with Crippen molar-refractivity contribution in [1.82, 2.24) is 15.0 Å². The van der Waals surface area contributed by atoms with Crippen molar-refractivity contribution < 1.29 is 0 Å². The molecular weight excluding hydrogens is 276 g/mol. The maximum Gasteiger partial charge on any atom is 0.230 e. The summed E-state index contributed by atoms with van der Waals surface area (Å²) in [5.74, 6) is 0.790. The van der Waals surface area contributed by atoms with E-state index in [-0.39, 0.29) is 11.8 Å². The monoisotopic (exact) mass is 294 g/mol. The first-order chi connectivity index (χ1) is 10.4. The Labute approximate surface area is 130 Å². The van der Waals surface area contributed by atoms with E-state index in [4.69, 9.17) is 5.73 Å². The molecule has 0 bridgehead atoms. The van der Waals surface area contributed by atoms with Crippen molar-refractivity contribution >= 4 is 23.5 Å². The van der Waals surface area contributed by atoms with Crippen LogP contribution in [0.15, 0.2) is 18.2 Å². The molecule has 2 N–H and O–H groups in total. The zero-order chi connectivity index (χ0) is 16.3. The highest BCUT2D eigenvalue weighted by atomic mass is 15.3. The fourth-order valence-corrected chi connectivity index (χ4v) is 1.99. The molecule has 1 aromatic carbocycles. The predicted octanol–water partition coefficient (Wildman–Crippen LogP) is 2.20. The zero-order valence-corrected chi connectivity index (χ0v) is 13.1. The molecule has 112 valence electrons. The molecule has 0 fully saturated rings. The second-order valence-corrected chi connectivity index (χ2v) is 5.24. The van der Waals surface area contributed by atoms with Gasteiger partial charge in [-0.3, -0.25) is 0 Å². The first-order valence-electron chi connectivity index (χ1n) is 6.79. The molecule has 6 heteroatoms. The molecule has 0 radical (unpaired) electrons. The fraction of sp³-hybridized carbons (Fsp3) is 0.250. The summed E-state index contributed by atoms with van der Waals surface area (Å²) in [4.78, 5) is 14.1. The molecule has 0 aliphatic carbocycles. The second-order valence-electron chi connectivity index (χ2n) is 5.24. The smallest absolute Gasteiger partial charge is 0.230 e. The number of aryl methyl sites for hydroxylation is 2. The number of anilines is 2. The zero-order valence-electron chi connectivity index (χ0n) is 13.1. The largest absolute Gasteiger partial charge is 0.368 e. The molecule has 2 rings (SSSR count). The number of allylic oxidation sites excluding steroid dienone is 1. The van der Waals surface area contributed by atoms with Crippen LogP contribution in [0.2, 0.25) is 0 Å².